The molecule has 0 aliphatic heterocycles. The summed E-state index contributed by atoms with van der Waals surface area (Å²) < 4.78 is 24.3. The van der Waals surface area contributed by atoms with E-state index in [1.165, 1.54) is 24.3 Å². The Hall–Kier alpha value is -1.89. The van der Waals surface area contributed by atoms with Crippen molar-refractivity contribution in [3.05, 3.63) is 64.7 Å². The van der Waals surface area contributed by atoms with Crippen molar-refractivity contribution in [3.63, 3.8) is 0 Å². The summed E-state index contributed by atoms with van der Waals surface area (Å²) >= 11 is 5.80. The van der Waals surface area contributed by atoms with E-state index in [0.717, 1.165) is 5.56 Å². The van der Waals surface area contributed by atoms with Crippen molar-refractivity contribution >= 4 is 27.5 Å². The van der Waals surface area contributed by atoms with Crippen LogP contribution in [0.15, 0.2) is 53.4 Å². The first-order chi connectivity index (χ1) is 10.8. The van der Waals surface area contributed by atoms with Gasteiger partial charge in [0.25, 0.3) is 15.9 Å². The standard InChI is InChI=1S/C16H17ClN2O3S/c1-11(2)12-6-8-15(9-7-12)23(21,22)19-18-16(20)13-4-3-5-14(17)10-13/h3-11,19H,1-2H3,(H,18,20). The Balaban J connectivity index is 2.08. The van der Waals surface area contributed by atoms with E-state index >= 15 is 0 Å². The second-order valence-electron chi connectivity index (χ2n) is 5.29. The highest BCUT2D eigenvalue weighted by Crippen LogP contribution is 2.17. The molecule has 0 spiro atoms. The number of sulfonamides is 1. The SMILES string of the molecule is CC(C)c1ccc(S(=O)(=O)NNC(=O)c2cccc(Cl)c2)cc1. The van der Waals surface area contributed by atoms with Gasteiger partial charge in [0, 0.05) is 10.6 Å². The van der Waals surface area contributed by atoms with Gasteiger partial charge in [0.2, 0.25) is 0 Å². The van der Waals surface area contributed by atoms with Crippen LogP contribution in [0.2, 0.25) is 5.02 Å². The van der Waals surface area contributed by atoms with Gasteiger partial charge in [-0.05, 0) is 41.8 Å². The molecule has 0 unspecified atom stereocenters. The molecule has 2 aromatic rings. The Morgan fingerprint density at radius 1 is 1.09 bits per heavy atom. The summed E-state index contributed by atoms with van der Waals surface area (Å²) in [4.78, 5) is 14.1. The molecular formula is C16H17ClN2O3S. The molecule has 7 heteroatoms. The van der Waals surface area contributed by atoms with Crippen molar-refractivity contribution in [2.24, 2.45) is 0 Å². The molecule has 0 atom stereocenters. The summed E-state index contributed by atoms with van der Waals surface area (Å²) in [7, 11) is -3.83. The van der Waals surface area contributed by atoms with Crippen LogP contribution < -0.4 is 10.3 Å². The maximum absolute atomic E-state index is 12.2. The fraction of sp³-hybridized carbons (Fsp3) is 0.188. The Kier molecular flexibility index (Phi) is 5.41. The van der Waals surface area contributed by atoms with Crippen LogP contribution in [0.4, 0.5) is 0 Å². The Morgan fingerprint density at radius 2 is 1.74 bits per heavy atom. The summed E-state index contributed by atoms with van der Waals surface area (Å²) in [5.74, 6) is -0.280. The normalized spacial score (nSPS) is 11.5. The van der Waals surface area contributed by atoms with Crippen LogP contribution in [0.25, 0.3) is 0 Å². The minimum absolute atomic E-state index is 0.0771. The van der Waals surface area contributed by atoms with Gasteiger partial charge in [-0.2, -0.15) is 0 Å². The van der Waals surface area contributed by atoms with Crippen molar-refractivity contribution in [1.29, 1.82) is 0 Å². The number of rotatable bonds is 5. The third kappa shape index (κ3) is 4.54. The summed E-state index contributed by atoms with van der Waals surface area (Å²) in [5, 5.41) is 0.393. The molecule has 0 radical (unpaired) electrons. The quantitative estimate of drug-likeness (QED) is 0.812. The first-order valence-electron chi connectivity index (χ1n) is 6.97. The second kappa shape index (κ2) is 7.12. The van der Waals surface area contributed by atoms with Gasteiger partial charge in [-0.15, -0.1) is 4.83 Å². The van der Waals surface area contributed by atoms with E-state index in [2.05, 4.69) is 10.3 Å². The molecule has 0 aromatic heterocycles. The van der Waals surface area contributed by atoms with Gasteiger partial charge in [0.1, 0.15) is 0 Å². The number of carbonyl (C=O) groups is 1. The van der Waals surface area contributed by atoms with Gasteiger partial charge >= 0.3 is 0 Å². The highest BCUT2D eigenvalue weighted by Gasteiger charge is 2.16. The summed E-state index contributed by atoms with van der Waals surface area (Å²) in [6, 6.07) is 12.7. The topological polar surface area (TPSA) is 75.3 Å². The number of hydrazine groups is 1. The van der Waals surface area contributed by atoms with Crippen LogP contribution in [0.1, 0.15) is 35.7 Å². The van der Waals surface area contributed by atoms with Gasteiger partial charge < -0.3 is 0 Å². The average Bonchev–Trinajstić information content (AvgIpc) is 2.52. The van der Waals surface area contributed by atoms with Crippen molar-refractivity contribution in [2.75, 3.05) is 0 Å². The molecule has 0 fully saturated rings. The Morgan fingerprint density at radius 3 is 2.30 bits per heavy atom. The number of hydrogen-bond acceptors (Lipinski definition) is 3. The van der Waals surface area contributed by atoms with E-state index in [0.29, 0.717) is 10.9 Å². The number of halogens is 1. The number of hydrogen-bond donors (Lipinski definition) is 2. The van der Waals surface area contributed by atoms with E-state index in [1.54, 1.807) is 24.3 Å². The molecule has 2 rings (SSSR count). The number of nitrogens with one attached hydrogen (secondary N) is 2. The van der Waals surface area contributed by atoms with E-state index in [9.17, 15) is 13.2 Å². The number of benzene rings is 2. The molecule has 122 valence electrons. The molecule has 2 N–H and O–H groups in total. The maximum Gasteiger partial charge on any atom is 0.266 e. The molecule has 0 aliphatic rings. The molecular weight excluding hydrogens is 336 g/mol. The minimum atomic E-state index is -3.83. The highest BCUT2D eigenvalue weighted by molar-refractivity contribution is 7.89. The molecule has 5 nitrogen and oxygen atoms in total. The Labute approximate surface area is 140 Å². The molecule has 2 aromatic carbocycles. The fourth-order valence-corrected chi connectivity index (χ4v) is 2.94. The van der Waals surface area contributed by atoms with Crippen LogP contribution in [-0.4, -0.2) is 14.3 Å². The van der Waals surface area contributed by atoms with Crippen LogP contribution in [0.5, 0.6) is 0 Å². The first-order valence-corrected chi connectivity index (χ1v) is 8.83. The van der Waals surface area contributed by atoms with Crippen LogP contribution in [-0.2, 0) is 10.0 Å². The summed E-state index contributed by atoms with van der Waals surface area (Å²) in [6.07, 6.45) is 0. The van der Waals surface area contributed by atoms with E-state index in [-0.39, 0.29) is 10.5 Å². The number of amides is 1. The third-order valence-corrected chi connectivity index (χ3v) is 4.74. The minimum Gasteiger partial charge on any atom is -0.273 e. The Bertz CT molecular complexity index is 802. The van der Waals surface area contributed by atoms with Gasteiger partial charge in [0.05, 0.1) is 4.90 Å². The van der Waals surface area contributed by atoms with Gasteiger partial charge in [0.15, 0.2) is 0 Å². The molecule has 1 amide bonds. The monoisotopic (exact) mass is 352 g/mol. The van der Waals surface area contributed by atoms with Gasteiger partial charge in [-0.3, -0.25) is 10.2 Å². The molecule has 0 heterocycles. The van der Waals surface area contributed by atoms with Crippen molar-refractivity contribution < 1.29 is 13.2 Å². The van der Waals surface area contributed by atoms with E-state index < -0.39 is 15.9 Å². The zero-order valence-corrected chi connectivity index (χ0v) is 14.3. The lowest BCUT2D eigenvalue weighted by Crippen LogP contribution is -2.41. The molecule has 23 heavy (non-hydrogen) atoms. The fourth-order valence-electron chi connectivity index (χ4n) is 1.91. The van der Waals surface area contributed by atoms with Crippen LogP contribution in [0.3, 0.4) is 0 Å². The largest absolute Gasteiger partial charge is 0.273 e. The summed E-state index contributed by atoms with van der Waals surface area (Å²) in [6.45, 7) is 4.04. The smallest absolute Gasteiger partial charge is 0.266 e. The zero-order valence-electron chi connectivity index (χ0n) is 12.7. The van der Waals surface area contributed by atoms with Gasteiger partial charge in [-0.1, -0.05) is 43.6 Å². The van der Waals surface area contributed by atoms with Crippen LogP contribution in [0, 0.1) is 0 Å². The summed E-state index contributed by atoms with van der Waals surface area (Å²) in [5.41, 5.74) is 3.46. The second-order valence-corrected chi connectivity index (χ2v) is 7.41. The zero-order chi connectivity index (χ0) is 17.0. The van der Waals surface area contributed by atoms with Crippen molar-refractivity contribution in [1.82, 2.24) is 10.3 Å². The van der Waals surface area contributed by atoms with Crippen molar-refractivity contribution in [2.45, 2.75) is 24.7 Å². The molecule has 0 saturated carbocycles. The van der Waals surface area contributed by atoms with Gasteiger partial charge in [-0.25, -0.2) is 8.42 Å². The predicted molar refractivity (Wildman–Crippen MR) is 89.8 cm³/mol. The molecule has 0 aliphatic carbocycles. The van der Waals surface area contributed by atoms with Crippen molar-refractivity contribution in [3.8, 4) is 0 Å². The number of carbonyl (C=O) groups excluding carboxylic acids is 1. The average molecular weight is 353 g/mol. The van der Waals surface area contributed by atoms with E-state index in [4.69, 9.17) is 11.6 Å². The lowest BCUT2D eigenvalue weighted by atomic mass is 10.0. The van der Waals surface area contributed by atoms with Crippen LogP contribution >= 0.6 is 11.6 Å². The van der Waals surface area contributed by atoms with E-state index in [1.807, 2.05) is 13.8 Å². The maximum atomic E-state index is 12.2. The lowest BCUT2D eigenvalue weighted by Gasteiger charge is -2.10. The molecule has 0 bridgehead atoms. The highest BCUT2D eigenvalue weighted by atomic mass is 35.5. The lowest BCUT2D eigenvalue weighted by molar-refractivity contribution is 0.0945. The molecule has 0 saturated heterocycles. The predicted octanol–water partition coefficient (Wildman–Crippen LogP) is 3.09. The first kappa shape index (κ1) is 17.5. The third-order valence-electron chi connectivity index (χ3n) is 3.24.